The van der Waals surface area contributed by atoms with Crippen LogP contribution in [0.2, 0.25) is 5.02 Å². The van der Waals surface area contributed by atoms with E-state index in [1.165, 1.54) is 24.3 Å². The SMILES string of the molecule is O=C(O)C(NCC(F)(F)F)c1cccc(Cl)c1. The van der Waals surface area contributed by atoms with Crippen LogP contribution < -0.4 is 5.32 Å². The number of alkyl halides is 3. The molecule has 0 amide bonds. The molecule has 0 aromatic heterocycles. The van der Waals surface area contributed by atoms with Crippen molar-refractivity contribution in [3.8, 4) is 0 Å². The number of carbonyl (C=O) groups is 1. The van der Waals surface area contributed by atoms with E-state index < -0.39 is 24.7 Å². The molecular formula is C10H9ClF3NO2. The molecule has 0 spiro atoms. The standard InChI is InChI=1S/C10H9ClF3NO2/c11-7-3-1-2-6(4-7)8(9(16)17)15-5-10(12,13)14/h1-4,8,15H,5H2,(H,16,17). The number of aliphatic carboxylic acids is 1. The fourth-order valence-corrected chi connectivity index (χ4v) is 1.45. The molecule has 0 aliphatic heterocycles. The molecule has 0 fully saturated rings. The first kappa shape index (κ1) is 13.8. The molecule has 0 radical (unpaired) electrons. The molecule has 2 N–H and O–H groups in total. The van der Waals surface area contributed by atoms with Crippen molar-refractivity contribution in [1.29, 1.82) is 0 Å². The summed E-state index contributed by atoms with van der Waals surface area (Å²) in [6.45, 7) is -1.38. The average molecular weight is 268 g/mol. The third kappa shape index (κ3) is 4.62. The molecule has 0 saturated carbocycles. The fraction of sp³-hybridized carbons (Fsp3) is 0.300. The maximum Gasteiger partial charge on any atom is 0.401 e. The van der Waals surface area contributed by atoms with Crippen LogP contribution in [0.4, 0.5) is 13.2 Å². The molecule has 3 nitrogen and oxygen atoms in total. The summed E-state index contributed by atoms with van der Waals surface area (Å²) < 4.78 is 36.0. The summed E-state index contributed by atoms with van der Waals surface area (Å²) in [4.78, 5) is 10.9. The van der Waals surface area contributed by atoms with Crippen molar-refractivity contribution in [2.45, 2.75) is 12.2 Å². The van der Waals surface area contributed by atoms with Crippen LogP contribution in [0.5, 0.6) is 0 Å². The number of nitrogens with one attached hydrogen (secondary N) is 1. The maximum absolute atomic E-state index is 12.0. The lowest BCUT2D eigenvalue weighted by atomic mass is 10.1. The van der Waals surface area contributed by atoms with Gasteiger partial charge in [-0.05, 0) is 17.7 Å². The number of halogens is 4. The number of hydrogen-bond acceptors (Lipinski definition) is 2. The van der Waals surface area contributed by atoms with Crippen LogP contribution in [0.15, 0.2) is 24.3 Å². The molecule has 94 valence electrons. The predicted octanol–water partition coefficient (Wildman–Crippen LogP) is 2.62. The Kier molecular flexibility index (Phi) is 4.36. The lowest BCUT2D eigenvalue weighted by molar-refractivity contribution is -0.143. The molecule has 0 heterocycles. The molecule has 0 aliphatic rings. The highest BCUT2D eigenvalue weighted by molar-refractivity contribution is 6.30. The predicted molar refractivity (Wildman–Crippen MR) is 55.9 cm³/mol. The second kappa shape index (κ2) is 5.37. The Balaban J connectivity index is 2.83. The summed E-state index contributed by atoms with van der Waals surface area (Å²) in [7, 11) is 0. The van der Waals surface area contributed by atoms with Gasteiger partial charge < -0.3 is 5.11 Å². The van der Waals surface area contributed by atoms with Gasteiger partial charge in [-0.2, -0.15) is 13.2 Å². The third-order valence-corrected chi connectivity index (χ3v) is 2.17. The number of carboxylic acids is 1. The molecule has 0 bridgehead atoms. The van der Waals surface area contributed by atoms with Gasteiger partial charge in [0.2, 0.25) is 0 Å². The zero-order valence-electron chi connectivity index (χ0n) is 8.46. The summed E-state index contributed by atoms with van der Waals surface area (Å²) >= 11 is 5.64. The first-order valence-corrected chi connectivity index (χ1v) is 4.96. The lowest BCUT2D eigenvalue weighted by Crippen LogP contribution is -2.36. The second-order valence-corrected chi connectivity index (χ2v) is 3.76. The van der Waals surface area contributed by atoms with E-state index in [0.717, 1.165) is 0 Å². The monoisotopic (exact) mass is 267 g/mol. The molecule has 1 atom stereocenters. The number of benzene rings is 1. The molecule has 1 rings (SSSR count). The van der Waals surface area contributed by atoms with Crippen molar-refractivity contribution in [3.05, 3.63) is 34.9 Å². The van der Waals surface area contributed by atoms with Gasteiger partial charge in [0.25, 0.3) is 0 Å². The number of carboxylic acid groups (broad SMARTS) is 1. The summed E-state index contributed by atoms with van der Waals surface area (Å²) in [6, 6.07) is 4.25. The van der Waals surface area contributed by atoms with E-state index in [9.17, 15) is 18.0 Å². The van der Waals surface area contributed by atoms with Gasteiger partial charge in [0.1, 0.15) is 6.04 Å². The van der Waals surface area contributed by atoms with Gasteiger partial charge in [0, 0.05) is 5.02 Å². The highest BCUT2D eigenvalue weighted by Gasteiger charge is 2.30. The van der Waals surface area contributed by atoms with Crippen molar-refractivity contribution in [2.75, 3.05) is 6.54 Å². The van der Waals surface area contributed by atoms with E-state index in [-0.39, 0.29) is 10.6 Å². The molecule has 1 aromatic carbocycles. The van der Waals surface area contributed by atoms with E-state index in [1.807, 2.05) is 5.32 Å². The smallest absolute Gasteiger partial charge is 0.401 e. The summed E-state index contributed by atoms with van der Waals surface area (Å²) in [5.74, 6) is -1.39. The molecule has 0 aliphatic carbocycles. The van der Waals surface area contributed by atoms with Crippen LogP contribution in [0.1, 0.15) is 11.6 Å². The first-order valence-electron chi connectivity index (χ1n) is 4.58. The Morgan fingerprint density at radius 1 is 1.47 bits per heavy atom. The van der Waals surface area contributed by atoms with Gasteiger partial charge in [0.15, 0.2) is 0 Å². The van der Waals surface area contributed by atoms with Crippen LogP contribution in [0, 0.1) is 0 Å². The third-order valence-electron chi connectivity index (χ3n) is 1.94. The van der Waals surface area contributed by atoms with Crippen LogP contribution in [0.3, 0.4) is 0 Å². The van der Waals surface area contributed by atoms with Gasteiger partial charge in [-0.15, -0.1) is 0 Å². The van der Waals surface area contributed by atoms with E-state index in [2.05, 4.69) is 0 Å². The van der Waals surface area contributed by atoms with Gasteiger partial charge in [-0.1, -0.05) is 23.7 Å². The highest BCUT2D eigenvalue weighted by atomic mass is 35.5. The Bertz CT molecular complexity index is 409. The van der Waals surface area contributed by atoms with Gasteiger partial charge >= 0.3 is 12.1 Å². The van der Waals surface area contributed by atoms with E-state index in [4.69, 9.17) is 16.7 Å². The lowest BCUT2D eigenvalue weighted by Gasteiger charge is -2.16. The highest BCUT2D eigenvalue weighted by Crippen LogP contribution is 2.20. The molecule has 0 saturated heterocycles. The topological polar surface area (TPSA) is 49.3 Å². The van der Waals surface area contributed by atoms with Crippen molar-refractivity contribution in [3.63, 3.8) is 0 Å². The molecule has 7 heteroatoms. The van der Waals surface area contributed by atoms with Crippen molar-refractivity contribution in [2.24, 2.45) is 0 Å². The number of rotatable bonds is 4. The Labute approximate surface area is 100 Å². The van der Waals surface area contributed by atoms with Crippen LogP contribution >= 0.6 is 11.6 Å². The Morgan fingerprint density at radius 2 is 2.12 bits per heavy atom. The van der Waals surface area contributed by atoms with Gasteiger partial charge in [0.05, 0.1) is 6.54 Å². The second-order valence-electron chi connectivity index (χ2n) is 3.32. The van der Waals surface area contributed by atoms with E-state index in [0.29, 0.717) is 0 Å². The average Bonchev–Trinajstić information content (AvgIpc) is 2.15. The largest absolute Gasteiger partial charge is 0.480 e. The molecule has 1 aromatic rings. The Hall–Kier alpha value is -1.27. The number of hydrogen-bond donors (Lipinski definition) is 2. The van der Waals surface area contributed by atoms with Crippen LogP contribution in [-0.2, 0) is 4.79 Å². The minimum Gasteiger partial charge on any atom is -0.480 e. The minimum absolute atomic E-state index is 0.175. The van der Waals surface area contributed by atoms with Crippen LogP contribution in [-0.4, -0.2) is 23.8 Å². The van der Waals surface area contributed by atoms with Crippen molar-refractivity contribution >= 4 is 17.6 Å². The van der Waals surface area contributed by atoms with Gasteiger partial charge in [-0.25, -0.2) is 0 Å². The summed E-state index contributed by atoms with van der Waals surface area (Å²) in [5, 5.41) is 11.0. The fourth-order valence-electron chi connectivity index (χ4n) is 1.25. The Morgan fingerprint density at radius 3 is 2.59 bits per heavy atom. The normalized spacial score (nSPS) is 13.4. The zero-order chi connectivity index (χ0) is 13.1. The first-order chi connectivity index (χ1) is 7.79. The van der Waals surface area contributed by atoms with Crippen molar-refractivity contribution < 1.29 is 23.1 Å². The summed E-state index contributed by atoms with van der Waals surface area (Å²) in [5.41, 5.74) is 0.175. The van der Waals surface area contributed by atoms with Crippen molar-refractivity contribution in [1.82, 2.24) is 5.32 Å². The summed E-state index contributed by atoms with van der Waals surface area (Å²) in [6.07, 6.45) is -4.47. The molecule has 17 heavy (non-hydrogen) atoms. The van der Waals surface area contributed by atoms with Gasteiger partial charge in [-0.3, -0.25) is 10.1 Å². The van der Waals surface area contributed by atoms with Crippen LogP contribution in [0.25, 0.3) is 0 Å². The van der Waals surface area contributed by atoms with E-state index in [1.54, 1.807) is 0 Å². The maximum atomic E-state index is 12.0. The molecular weight excluding hydrogens is 259 g/mol. The quantitative estimate of drug-likeness (QED) is 0.882. The minimum atomic E-state index is -4.47. The molecule has 1 unspecified atom stereocenters. The van der Waals surface area contributed by atoms with E-state index >= 15 is 0 Å². The zero-order valence-corrected chi connectivity index (χ0v) is 9.22.